The van der Waals surface area contributed by atoms with Gasteiger partial charge in [0.25, 0.3) is 0 Å². The van der Waals surface area contributed by atoms with Crippen molar-refractivity contribution in [2.24, 2.45) is 4.99 Å². The van der Waals surface area contributed by atoms with Crippen molar-refractivity contribution in [3.63, 3.8) is 0 Å². The molecule has 0 saturated heterocycles. The van der Waals surface area contributed by atoms with Gasteiger partial charge in [-0.25, -0.2) is 14.4 Å². The Morgan fingerprint density at radius 1 is 1.23 bits per heavy atom. The molecule has 0 radical (unpaired) electrons. The van der Waals surface area contributed by atoms with E-state index in [-0.39, 0.29) is 35.2 Å². The van der Waals surface area contributed by atoms with Crippen LogP contribution in [0.25, 0.3) is 0 Å². The lowest BCUT2D eigenvalue weighted by molar-refractivity contribution is 0.559. The average molecular weight is 489 g/mol. The molecule has 0 unspecified atom stereocenters. The number of aromatic nitrogens is 1. The standard InChI is InChI=1S/C19H22ClFN4.HI/c1-2-22-18(24-12-14-7-8-17(20)23-11-14)25-13-19(9-10-19)15-5-3-4-6-16(15)21;/h3-8,11H,2,9-10,12-13H2,1H3,(H2,22,24,25);1H. The molecular weight excluding hydrogens is 466 g/mol. The fourth-order valence-corrected chi connectivity index (χ4v) is 2.96. The smallest absolute Gasteiger partial charge is 0.191 e. The van der Waals surface area contributed by atoms with E-state index in [9.17, 15) is 4.39 Å². The van der Waals surface area contributed by atoms with Gasteiger partial charge in [0.2, 0.25) is 0 Å². The number of hydrogen-bond donors (Lipinski definition) is 2. The fourth-order valence-electron chi connectivity index (χ4n) is 2.85. The van der Waals surface area contributed by atoms with Gasteiger partial charge in [0, 0.05) is 24.7 Å². The van der Waals surface area contributed by atoms with E-state index in [1.165, 1.54) is 6.07 Å². The van der Waals surface area contributed by atoms with Gasteiger partial charge < -0.3 is 10.6 Å². The van der Waals surface area contributed by atoms with Crippen molar-refractivity contribution in [2.45, 2.75) is 31.7 Å². The number of aliphatic imine (C=N–C) groups is 1. The van der Waals surface area contributed by atoms with E-state index in [0.717, 1.165) is 36.5 Å². The highest BCUT2D eigenvalue weighted by molar-refractivity contribution is 14.0. The molecule has 140 valence electrons. The van der Waals surface area contributed by atoms with Crippen molar-refractivity contribution in [3.8, 4) is 0 Å². The molecule has 1 fully saturated rings. The minimum absolute atomic E-state index is 0. The Morgan fingerprint density at radius 3 is 2.62 bits per heavy atom. The second kappa shape index (κ2) is 9.50. The third-order valence-corrected chi connectivity index (χ3v) is 4.67. The van der Waals surface area contributed by atoms with E-state index in [1.54, 1.807) is 18.3 Å². The minimum Gasteiger partial charge on any atom is -0.357 e. The summed E-state index contributed by atoms with van der Waals surface area (Å²) < 4.78 is 14.1. The highest BCUT2D eigenvalue weighted by Gasteiger charge is 2.45. The van der Waals surface area contributed by atoms with Crippen molar-refractivity contribution < 1.29 is 4.39 Å². The molecule has 1 aliphatic carbocycles. The zero-order chi connectivity index (χ0) is 17.7. The van der Waals surface area contributed by atoms with Crippen molar-refractivity contribution in [1.82, 2.24) is 15.6 Å². The molecule has 0 spiro atoms. The molecule has 1 aromatic heterocycles. The molecule has 1 aromatic carbocycles. The predicted molar refractivity (Wildman–Crippen MR) is 115 cm³/mol. The van der Waals surface area contributed by atoms with Crippen LogP contribution in [0.3, 0.4) is 0 Å². The van der Waals surface area contributed by atoms with Gasteiger partial charge in [-0.15, -0.1) is 24.0 Å². The van der Waals surface area contributed by atoms with Crippen LogP contribution in [0.5, 0.6) is 0 Å². The van der Waals surface area contributed by atoms with Crippen LogP contribution < -0.4 is 10.6 Å². The summed E-state index contributed by atoms with van der Waals surface area (Å²) in [6, 6.07) is 10.7. The number of hydrogen-bond acceptors (Lipinski definition) is 2. The number of rotatable bonds is 6. The number of nitrogens with zero attached hydrogens (tertiary/aromatic N) is 2. The zero-order valence-corrected chi connectivity index (χ0v) is 17.7. The lowest BCUT2D eigenvalue weighted by atomic mass is 9.95. The maximum atomic E-state index is 14.1. The molecule has 26 heavy (non-hydrogen) atoms. The number of nitrogens with one attached hydrogen (secondary N) is 2. The summed E-state index contributed by atoms with van der Waals surface area (Å²) in [4.78, 5) is 8.64. The van der Waals surface area contributed by atoms with Crippen LogP contribution in [0.15, 0.2) is 47.6 Å². The number of halogens is 3. The summed E-state index contributed by atoms with van der Waals surface area (Å²) >= 11 is 5.80. The van der Waals surface area contributed by atoms with Gasteiger partial charge in [0.05, 0.1) is 6.54 Å². The molecule has 4 nitrogen and oxygen atoms in total. The van der Waals surface area contributed by atoms with Gasteiger partial charge in [-0.2, -0.15) is 0 Å². The summed E-state index contributed by atoms with van der Waals surface area (Å²) in [5.41, 5.74) is 1.65. The maximum Gasteiger partial charge on any atom is 0.191 e. The fraction of sp³-hybridized carbons (Fsp3) is 0.368. The molecule has 1 aliphatic rings. The first-order chi connectivity index (χ1) is 12.1. The molecule has 0 atom stereocenters. The van der Waals surface area contributed by atoms with Gasteiger partial charge in [0.15, 0.2) is 5.96 Å². The second-order valence-corrected chi connectivity index (χ2v) is 6.69. The quantitative estimate of drug-likeness (QED) is 0.276. The third kappa shape index (κ3) is 5.30. The maximum absolute atomic E-state index is 14.1. The van der Waals surface area contributed by atoms with Crippen LogP contribution in [0.2, 0.25) is 5.15 Å². The summed E-state index contributed by atoms with van der Waals surface area (Å²) in [6.45, 7) is 3.95. The molecule has 2 N–H and O–H groups in total. The average Bonchev–Trinajstić information content (AvgIpc) is 3.40. The Bertz CT molecular complexity index is 747. The SMILES string of the molecule is CCNC(=NCc1ccc(Cl)nc1)NCC1(c2ccccc2F)CC1.I. The van der Waals surface area contributed by atoms with E-state index in [0.29, 0.717) is 18.2 Å². The lowest BCUT2D eigenvalue weighted by Crippen LogP contribution is -2.41. The van der Waals surface area contributed by atoms with Crippen LogP contribution in [-0.4, -0.2) is 24.0 Å². The van der Waals surface area contributed by atoms with Gasteiger partial charge in [-0.05, 0) is 43.0 Å². The van der Waals surface area contributed by atoms with Crippen LogP contribution in [-0.2, 0) is 12.0 Å². The van der Waals surface area contributed by atoms with Crippen molar-refractivity contribution in [1.29, 1.82) is 0 Å². The Kier molecular flexibility index (Phi) is 7.64. The predicted octanol–water partition coefficient (Wildman–Crippen LogP) is 4.28. The van der Waals surface area contributed by atoms with E-state index in [1.807, 2.05) is 25.1 Å². The van der Waals surface area contributed by atoms with Crippen LogP contribution >= 0.6 is 35.6 Å². The number of pyridine rings is 1. The molecule has 0 bridgehead atoms. The Labute approximate surface area is 175 Å². The third-order valence-electron chi connectivity index (χ3n) is 4.45. The van der Waals surface area contributed by atoms with Crippen molar-refractivity contribution >= 4 is 41.5 Å². The molecule has 2 aromatic rings. The molecule has 0 amide bonds. The highest BCUT2D eigenvalue weighted by atomic mass is 127. The lowest BCUT2D eigenvalue weighted by Gasteiger charge is -2.19. The minimum atomic E-state index is -0.129. The largest absolute Gasteiger partial charge is 0.357 e. The van der Waals surface area contributed by atoms with Crippen LogP contribution in [0.4, 0.5) is 4.39 Å². The Balaban J connectivity index is 0.00000243. The molecule has 1 saturated carbocycles. The first-order valence-corrected chi connectivity index (χ1v) is 8.88. The summed E-state index contributed by atoms with van der Waals surface area (Å²) in [5.74, 6) is 0.594. The first kappa shape index (κ1) is 20.9. The summed E-state index contributed by atoms with van der Waals surface area (Å²) in [5, 5.41) is 7.06. The van der Waals surface area contributed by atoms with Gasteiger partial charge in [-0.3, -0.25) is 0 Å². The molecular formula is C19H23ClFIN4. The Hall–Kier alpha value is -1.41. The van der Waals surface area contributed by atoms with Crippen LogP contribution in [0, 0.1) is 5.82 Å². The zero-order valence-electron chi connectivity index (χ0n) is 14.6. The summed E-state index contributed by atoms with van der Waals surface area (Å²) in [6.07, 6.45) is 3.69. The van der Waals surface area contributed by atoms with Crippen molar-refractivity contribution in [3.05, 3.63) is 64.7 Å². The molecule has 3 rings (SSSR count). The van der Waals surface area contributed by atoms with E-state index < -0.39 is 0 Å². The second-order valence-electron chi connectivity index (χ2n) is 6.30. The summed E-state index contributed by atoms with van der Waals surface area (Å²) in [7, 11) is 0. The molecule has 7 heteroatoms. The normalized spacial score (nSPS) is 15.1. The topological polar surface area (TPSA) is 49.3 Å². The van der Waals surface area contributed by atoms with Gasteiger partial charge in [0.1, 0.15) is 11.0 Å². The van der Waals surface area contributed by atoms with E-state index in [4.69, 9.17) is 11.6 Å². The van der Waals surface area contributed by atoms with Crippen LogP contribution in [0.1, 0.15) is 30.9 Å². The first-order valence-electron chi connectivity index (χ1n) is 8.50. The van der Waals surface area contributed by atoms with E-state index in [2.05, 4.69) is 20.6 Å². The van der Waals surface area contributed by atoms with Gasteiger partial charge >= 0.3 is 0 Å². The molecule has 0 aliphatic heterocycles. The number of benzene rings is 1. The molecule has 1 heterocycles. The van der Waals surface area contributed by atoms with Gasteiger partial charge in [-0.1, -0.05) is 35.9 Å². The number of guanidine groups is 1. The van der Waals surface area contributed by atoms with Crippen molar-refractivity contribution in [2.75, 3.05) is 13.1 Å². The monoisotopic (exact) mass is 488 g/mol. The van der Waals surface area contributed by atoms with E-state index >= 15 is 0 Å². The Morgan fingerprint density at radius 2 is 2.00 bits per heavy atom. The highest BCUT2D eigenvalue weighted by Crippen LogP contribution is 2.48.